The number of ether oxygens (including phenoxy) is 1. The van der Waals surface area contributed by atoms with Gasteiger partial charge in [-0.05, 0) is 60.7 Å². The van der Waals surface area contributed by atoms with E-state index < -0.39 is 0 Å². The molecule has 3 heterocycles. The molecule has 0 spiro atoms. The predicted octanol–water partition coefficient (Wildman–Crippen LogP) is 3.50. The van der Waals surface area contributed by atoms with Crippen molar-refractivity contribution in [3.63, 3.8) is 0 Å². The van der Waals surface area contributed by atoms with Gasteiger partial charge >= 0.3 is 0 Å². The Hall–Kier alpha value is -2.10. The van der Waals surface area contributed by atoms with Crippen molar-refractivity contribution in [3.8, 4) is 5.75 Å². The second kappa shape index (κ2) is 4.72. The van der Waals surface area contributed by atoms with Gasteiger partial charge in [-0.2, -0.15) is 4.39 Å². The van der Waals surface area contributed by atoms with Gasteiger partial charge in [0.05, 0.1) is 13.2 Å². The molecule has 2 bridgehead atoms. The maximum Gasteiger partial charge on any atom is 0.213 e. The fourth-order valence-corrected chi connectivity index (χ4v) is 3.74. The Bertz CT molecular complexity index is 671. The third-order valence-electron chi connectivity index (χ3n) is 4.68. The minimum Gasteiger partial charge on any atom is -0.497 e. The normalized spacial score (nSPS) is 23.0. The Morgan fingerprint density at radius 2 is 2.05 bits per heavy atom. The summed E-state index contributed by atoms with van der Waals surface area (Å²) in [5.41, 5.74) is 3.51. The van der Waals surface area contributed by atoms with Crippen molar-refractivity contribution in [2.45, 2.75) is 31.3 Å². The molecule has 2 atom stereocenters. The van der Waals surface area contributed by atoms with Crippen LogP contribution < -0.4 is 9.64 Å². The highest BCUT2D eigenvalue weighted by Gasteiger charge is 2.40. The largest absolute Gasteiger partial charge is 0.497 e. The van der Waals surface area contributed by atoms with Crippen LogP contribution in [0.2, 0.25) is 0 Å². The minimum atomic E-state index is -0.369. The topological polar surface area (TPSA) is 25.4 Å². The quantitative estimate of drug-likeness (QED) is 0.789. The van der Waals surface area contributed by atoms with E-state index >= 15 is 0 Å². The van der Waals surface area contributed by atoms with E-state index in [1.165, 1.54) is 11.3 Å². The van der Waals surface area contributed by atoms with Crippen LogP contribution in [-0.2, 0) is 6.42 Å². The molecule has 1 aromatic heterocycles. The smallest absolute Gasteiger partial charge is 0.213 e. The van der Waals surface area contributed by atoms with Crippen molar-refractivity contribution < 1.29 is 9.13 Å². The number of benzene rings is 1. The van der Waals surface area contributed by atoms with Gasteiger partial charge < -0.3 is 9.64 Å². The highest BCUT2D eigenvalue weighted by Crippen LogP contribution is 2.46. The van der Waals surface area contributed by atoms with Gasteiger partial charge in [-0.15, -0.1) is 0 Å². The zero-order valence-corrected chi connectivity index (χ0v) is 11.9. The summed E-state index contributed by atoms with van der Waals surface area (Å²) in [4.78, 5) is 6.31. The number of nitrogens with zero attached hydrogens (tertiary/aromatic N) is 2. The number of aromatic nitrogens is 1. The molecule has 2 aliphatic rings. The maximum atomic E-state index is 13.3. The van der Waals surface area contributed by atoms with Crippen molar-refractivity contribution in [2.75, 3.05) is 12.0 Å². The molecule has 0 amide bonds. The van der Waals surface area contributed by atoms with E-state index in [0.717, 1.165) is 30.6 Å². The van der Waals surface area contributed by atoms with Crippen LogP contribution in [0.25, 0.3) is 0 Å². The molecule has 0 N–H and O–H groups in total. The van der Waals surface area contributed by atoms with Crippen LogP contribution in [0.15, 0.2) is 36.5 Å². The van der Waals surface area contributed by atoms with Gasteiger partial charge in [0.1, 0.15) is 5.75 Å². The van der Waals surface area contributed by atoms with Crippen molar-refractivity contribution in [1.82, 2.24) is 4.98 Å². The lowest BCUT2D eigenvalue weighted by Gasteiger charge is -2.38. The average Bonchev–Trinajstić information content (AvgIpc) is 2.82. The van der Waals surface area contributed by atoms with Crippen molar-refractivity contribution in [3.05, 3.63) is 53.6 Å². The molecule has 108 valence electrons. The van der Waals surface area contributed by atoms with Crippen LogP contribution in [0, 0.1) is 5.95 Å². The molecule has 1 unspecified atom stereocenters. The average molecular weight is 284 g/mol. The first-order chi connectivity index (χ1) is 10.3. The predicted molar refractivity (Wildman–Crippen MR) is 79.1 cm³/mol. The summed E-state index contributed by atoms with van der Waals surface area (Å²) in [6, 6.07) is 10.6. The zero-order valence-electron chi connectivity index (χ0n) is 11.9. The van der Waals surface area contributed by atoms with Gasteiger partial charge in [0.25, 0.3) is 0 Å². The van der Waals surface area contributed by atoms with Crippen LogP contribution in [0.3, 0.4) is 0 Å². The highest BCUT2D eigenvalue weighted by molar-refractivity contribution is 5.56. The second-order valence-electron chi connectivity index (χ2n) is 5.76. The molecule has 0 radical (unpaired) electrons. The number of rotatable bonds is 2. The van der Waals surface area contributed by atoms with E-state index in [4.69, 9.17) is 4.74 Å². The zero-order chi connectivity index (χ0) is 14.4. The Morgan fingerprint density at radius 1 is 1.24 bits per heavy atom. The van der Waals surface area contributed by atoms with Gasteiger partial charge in [-0.1, -0.05) is 0 Å². The Kier molecular flexibility index (Phi) is 2.84. The number of methoxy groups -OCH3 is 1. The molecule has 1 fully saturated rings. The summed E-state index contributed by atoms with van der Waals surface area (Å²) in [5.74, 6) is 0.498. The summed E-state index contributed by atoms with van der Waals surface area (Å²) in [7, 11) is 1.68. The van der Waals surface area contributed by atoms with Crippen LogP contribution in [0.5, 0.6) is 5.75 Å². The van der Waals surface area contributed by atoms with Crippen LogP contribution in [-0.4, -0.2) is 18.1 Å². The molecule has 21 heavy (non-hydrogen) atoms. The first-order valence-electron chi connectivity index (χ1n) is 7.33. The van der Waals surface area contributed by atoms with Crippen LogP contribution in [0.1, 0.15) is 30.0 Å². The van der Waals surface area contributed by atoms with E-state index in [-0.39, 0.29) is 5.95 Å². The third kappa shape index (κ3) is 1.97. The van der Waals surface area contributed by atoms with Gasteiger partial charge in [-0.3, -0.25) is 0 Å². The number of halogens is 1. The fourth-order valence-electron chi connectivity index (χ4n) is 3.74. The molecular weight excluding hydrogens is 267 g/mol. The van der Waals surface area contributed by atoms with Crippen molar-refractivity contribution >= 4 is 5.69 Å². The molecule has 2 aliphatic heterocycles. The third-order valence-corrected chi connectivity index (χ3v) is 4.68. The Labute approximate surface area is 123 Å². The molecule has 3 nitrogen and oxygen atoms in total. The lowest BCUT2D eigenvalue weighted by atomic mass is 9.94. The van der Waals surface area contributed by atoms with Gasteiger partial charge in [0, 0.05) is 17.9 Å². The number of pyridine rings is 1. The van der Waals surface area contributed by atoms with Gasteiger partial charge in [-0.25, -0.2) is 4.98 Å². The van der Waals surface area contributed by atoms with E-state index in [1.807, 2.05) is 12.1 Å². The fraction of sp³-hybridized carbons (Fsp3) is 0.353. The summed E-state index contributed by atoms with van der Waals surface area (Å²) in [6.45, 7) is 0. The number of hydrogen-bond acceptors (Lipinski definition) is 3. The molecule has 4 rings (SSSR count). The van der Waals surface area contributed by atoms with Gasteiger partial charge in [0.2, 0.25) is 5.95 Å². The first kappa shape index (κ1) is 12.6. The lowest BCUT2D eigenvalue weighted by Crippen LogP contribution is -2.37. The van der Waals surface area contributed by atoms with E-state index in [1.54, 1.807) is 19.4 Å². The molecular formula is C17H17FN2O. The summed E-state index contributed by atoms with van der Waals surface area (Å²) >= 11 is 0. The molecule has 0 saturated carbocycles. The van der Waals surface area contributed by atoms with Crippen molar-refractivity contribution in [2.24, 2.45) is 0 Å². The molecule has 1 saturated heterocycles. The maximum absolute atomic E-state index is 13.3. The molecule has 0 aliphatic carbocycles. The standard InChI is InChI=1S/C17H17FN2O/c1-21-14-5-2-12(3-6-14)20-13-4-7-16(20)15-10-19-17(18)9-11(15)8-13/h2-3,5-6,9-10,13,16H,4,7-8H2,1H3/t13-,16?/m1/s1. The Balaban J connectivity index is 1.73. The SMILES string of the molecule is COc1ccc(N2C3CC[C@@H]2Cc2cc(F)ncc23)cc1. The monoisotopic (exact) mass is 284 g/mol. The van der Waals surface area contributed by atoms with Crippen LogP contribution in [0.4, 0.5) is 10.1 Å². The molecule has 2 aromatic rings. The molecule has 1 aromatic carbocycles. The summed E-state index contributed by atoms with van der Waals surface area (Å²) < 4.78 is 18.6. The number of fused-ring (bicyclic) bond motifs is 4. The van der Waals surface area contributed by atoms with E-state index in [0.29, 0.717) is 12.1 Å². The summed E-state index contributed by atoms with van der Waals surface area (Å²) in [6.07, 6.45) is 4.87. The van der Waals surface area contributed by atoms with Crippen molar-refractivity contribution in [1.29, 1.82) is 0 Å². The van der Waals surface area contributed by atoms with E-state index in [2.05, 4.69) is 22.0 Å². The van der Waals surface area contributed by atoms with E-state index in [9.17, 15) is 4.39 Å². The first-order valence-corrected chi connectivity index (χ1v) is 7.33. The summed E-state index contributed by atoms with van der Waals surface area (Å²) in [5, 5.41) is 0. The number of hydrogen-bond donors (Lipinski definition) is 0. The minimum absolute atomic E-state index is 0.320. The Morgan fingerprint density at radius 3 is 2.81 bits per heavy atom. The number of anilines is 1. The highest BCUT2D eigenvalue weighted by atomic mass is 19.1. The van der Waals surface area contributed by atoms with Crippen LogP contribution >= 0.6 is 0 Å². The second-order valence-corrected chi connectivity index (χ2v) is 5.76. The lowest BCUT2D eigenvalue weighted by molar-refractivity contribution is 0.414. The molecule has 4 heteroatoms. The van der Waals surface area contributed by atoms with Gasteiger partial charge in [0.15, 0.2) is 0 Å².